The minimum absolute atomic E-state index is 0. The van der Waals surface area contributed by atoms with Gasteiger partial charge in [0.2, 0.25) is 5.91 Å². The van der Waals surface area contributed by atoms with Gasteiger partial charge in [0.25, 0.3) is 0 Å². The smallest absolute Gasteiger partial charge is 0.234 e. The van der Waals surface area contributed by atoms with E-state index in [1.165, 1.54) is 23.5 Å². The third-order valence-electron chi connectivity index (χ3n) is 4.20. The van der Waals surface area contributed by atoms with Crippen molar-refractivity contribution >= 4 is 58.0 Å². The molecule has 3 rings (SSSR count). The fourth-order valence-corrected chi connectivity index (χ4v) is 3.47. The number of primary amides is 1. The van der Waals surface area contributed by atoms with Gasteiger partial charge in [0.1, 0.15) is 10.8 Å². The van der Waals surface area contributed by atoms with Crippen LogP contribution in [0.5, 0.6) is 0 Å². The average Bonchev–Trinajstić information content (AvgIpc) is 3.07. The number of anilines is 1. The Hall–Kier alpha value is -1.97. The van der Waals surface area contributed by atoms with E-state index in [9.17, 15) is 9.18 Å². The molecule has 0 saturated carbocycles. The SMILES string of the molecule is Cc1cc(-c2nc3ccc(F)cc3s2)ccc1N.Cl.Cl.NCCCC[C@H](N)C(N)=O. The number of unbranched alkanes of at least 4 members (excludes halogenated alkanes) is 1. The van der Waals surface area contributed by atoms with E-state index in [4.69, 9.17) is 22.9 Å². The summed E-state index contributed by atoms with van der Waals surface area (Å²) in [5.41, 5.74) is 24.9. The van der Waals surface area contributed by atoms with Crippen LogP contribution >= 0.6 is 36.2 Å². The molecule has 0 unspecified atom stereocenters. The summed E-state index contributed by atoms with van der Waals surface area (Å²) in [4.78, 5) is 14.9. The van der Waals surface area contributed by atoms with Crippen molar-refractivity contribution in [2.24, 2.45) is 17.2 Å². The maximum absolute atomic E-state index is 13.1. The molecule has 0 fully saturated rings. The van der Waals surface area contributed by atoms with Crippen molar-refractivity contribution in [3.8, 4) is 10.6 Å². The van der Waals surface area contributed by atoms with Gasteiger partial charge in [-0.1, -0.05) is 6.42 Å². The highest BCUT2D eigenvalue weighted by atomic mass is 35.5. The fraction of sp³-hybridized carbons (Fsp3) is 0.300. The fourth-order valence-electron chi connectivity index (χ4n) is 2.48. The zero-order chi connectivity index (χ0) is 20.7. The summed E-state index contributed by atoms with van der Waals surface area (Å²) < 4.78 is 14.0. The molecule has 1 aromatic heterocycles. The van der Waals surface area contributed by atoms with E-state index in [-0.39, 0.29) is 30.6 Å². The van der Waals surface area contributed by atoms with Crippen molar-refractivity contribution in [2.45, 2.75) is 32.2 Å². The van der Waals surface area contributed by atoms with Gasteiger partial charge in [-0.15, -0.1) is 36.2 Å². The Labute approximate surface area is 192 Å². The Kier molecular flexibility index (Phi) is 12.5. The van der Waals surface area contributed by atoms with Crippen molar-refractivity contribution in [1.82, 2.24) is 4.98 Å². The van der Waals surface area contributed by atoms with E-state index >= 15 is 0 Å². The largest absolute Gasteiger partial charge is 0.399 e. The normalized spacial score (nSPS) is 10.9. The van der Waals surface area contributed by atoms with Crippen molar-refractivity contribution in [1.29, 1.82) is 0 Å². The molecule has 6 nitrogen and oxygen atoms in total. The standard InChI is InChI=1S/C14H11FN2S.C6H15N3O.2ClH/c1-8-6-9(2-4-11(8)16)14-17-12-5-3-10(15)7-13(12)18-14;7-4-2-1-3-5(8)6(9)10;;/h2-7H,16H2,1H3;5H,1-4,7-8H2,(H2,9,10);2*1H/t;5-;;/m.0../s1. The third kappa shape index (κ3) is 8.04. The summed E-state index contributed by atoms with van der Waals surface area (Å²) in [5, 5.41) is 0.888. The molecule has 0 aliphatic carbocycles. The second-order valence-corrected chi connectivity index (χ2v) is 7.53. The van der Waals surface area contributed by atoms with Crippen molar-refractivity contribution in [3.63, 3.8) is 0 Å². The predicted octanol–water partition coefficient (Wildman–Crippen LogP) is 3.76. The predicted molar refractivity (Wildman–Crippen MR) is 129 cm³/mol. The zero-order valence-corrected chi connectivity index (χ0v) is 19.1. The molecule has 3 aromatic rings. The van der Waals surface area contributed by atoms with E-state index in [1.54, 1.807) is 6.07 Å². The Bertz CT molecular complexity index is 954. The van der Waals surface area contributed by atoms with Crippen LogP contribution < -0.4 is 22.9 Å². The molecule has 2 aromatic carbocycles. The number of thiazole rings is 1. The van der Waals surface area contributed by atoms with Crippen LogP contribution in [0.15, 0.2) is 36.4 Å². The number of carbonyl (C=O) groups excluding carboxylic acids is 1. The number of rotatable bonds is 6. The average molecular weight is 476 g/mol. The van der Waals surface area contributed by atoms with E-state index < -0.39 is 11.9 Å². The minimum Gasteiger partial charge on any atom is -0.399 e. The Balaban J connectivity index is 0.000000614. The topological polar surface area (TPSA) is 134 Å². The van der Waals surface area contributed by atoms with Gasteiger partial charge in [0.05, 0.1) is 16.3 Å². The van der Waals surface area contributed by atoms with Gasteiger partial charge in [0, 0.05) is 11.3 Å². The highest BCUT2D eigenvalue weighted by Gasteiger charge is 2.08. The number of benzene rings is 2. The quantitative estimate of drug-likeness (QED) is 0.317. The first-order valence-corrected chi connectivity index (χ1v) is 9.81. The summed E-state index contributed by atoms with van der Waals surface area (Å²) in [7, 11) is 0. The van der Waals surface area contributed by atoms with Crippen molar-refractivity contribution in [3.05, 3.63) is 47.8 Å². The van der Waals surface area contributed by atoms with E-state index in [1.807, 2.05) is 25.1 Å². The molecule has 0 aliphatic heterocycles. The van der Waals surface area contributed by atoms with E-state index in [2.05, 4.69) is 4.98 Å². The Morgan fingerprint density at radius 1 is 1.17 bits per heavy atom. The van der Waals surface area contributed by atoms with Crippen LogP contribution in [0.4, 0.5) is 10.1 Å². The maximum atomic E-state index is 13.1. The monoisotopic (exact) mass is 475 g/mol. The van der Waals surface area contributed by atoms with Crippen LogP contribution in [0.1, 0.15) is 24.8 Å². The van der Waals surface area contributed by atoms with Crippen molar-refractivity contribution in [2.75, 3.05) is 12.3 Å². The second kappa shape index (κ2) is 13.4. The molecule has 30 heavy (non-hydrogen) atoms. The number of halogens is 3. The van der Waals surface area contributed by atoms with Gasteiger partial charge < -0.3 is 22.9 Å². The van der Waals surface area contributed by atoms with Crippen LogP contribution in [0.3, 0.4) is 0 Å². The van der Waals surface area contributed by atoms with Crippen LogP contribution in [-0.2, 0) is 4.79 Å². The number of nitrogens with zero attached hydrogens (tertiary/aromatic N) is 1. The zero-order valence-electron chi connectivity index (χ0n) is 16.6. The van der Waals surface area contributed by atoms with Crippen molar-refractivity contribution < 1.29 is 9.18 Å². The van der Waals surface area contributed by atoms with Gasteiger partial charge in [-0.2, -0.15) is 0 Å². The molecule has 0 bridgehead atoms. The lowest BCUT2D eigenvalue weighted by atomic mass is 10.1. The third-order valence-corrected chi connectivity index (χ3v) is 5.27. The molecule has 8 N–H and O–H groups in total. The highest BCUT2D eigenvalue weighted by molar-refractivity contribution is 7.21. The lowest BCUT2D eigenvalue weighted by molar-refractivity contribution is -0.119. The summed E-state index contributed by atoms with van der Waals surface area (Å²) in [6.45, 7) is 2.61. The number of nitrogen functional groups attached to an aromatic ring is 1. The van der Waals surface area contributed by atoms with Crippen LogP contribution in [0.2, 0.25) is 0 Å². The lowest BCUT2D eigenvalue weighted by Gasteiger charge is -2.04. The molecule has 0 aliphatic rings. The summed E-state index contributed by atoms with van der Waals surface area (Å²) in [5.74, 6) is -0.664. The van der Waals surface area contributed by atoms with Gasteiger partial charge in [-0.25, -0.2) is 9.37 Å². The van der Waals surface area contributed by atoms with Gasteiger partial charge in [-0.05, 0) is 68.3 Å². The molecule has 1 heterocycles. The molecular weight excluding hydrogens is 448 g/mol. The number of fused-ring (bicyclic) bond motifs is 1. The number of carbonyl (C=O) groups is 1. The summed E-state index contributed by atoms with van der Waals surface area (Å²) in [6, 6.07) is 9.97. The maximum Gasteiger partial charge on any atom is 0.234 e. The molecule has 10 heteroatoms. The van der Waals surface area contributed by atoms with Gasteiger partial charge in [-0.3, -0.25) is 4.79 Å². The number of hydrogen-bond donors (Lipinski definition) is 4. The van der Waals surface area contributed by atoms with Crippen LogP contribution in [0, 0.1) is 12.7 Å². The van der Waals surface area contributed by atoms with Gasteiger partial charge >= 0.3 is 0 Å². The van der Waals surface area contributed by atoms with E-state index in [0.29, 0.717) is 13.0 Å². The molecular formula is C20H28Cl2FN5OS. The van der Waals surface area contributed by atoms with Gasteiger partial charge in [0.15, 0.2) is 0 Å². The lowest BCUT2D eigenvalue weighted by Crippen LogP contribution is -2.36. The Morgan fingerprint density at radius 3 is 2.47 bits per heavy atom. The minimum atomic E-state index is -0.494. The molecule has 0 spiro atoms. The molecule has 1 amide bonds. The number of aromatic nitrogens is 1. The highest BCUT2D eigenvalue weighted by Crippen LogP contribution is 2.31. The number of nitrogens with two attached hydrogens (primary N) is 4. The molecule has 0 saturated heterocycles. The summed E-state index contributed by atoms with van der Waals surface area (Å²) in [6.07, 6.45) is 2.42. The first-order valence-electron chi connectivity index (χ1n) is 8.99. The van der Waals surface area contributed by atoms with E-state index in [0.717, 1.165) is 44.9 Å². The Morgan fingerprint density at radius 2 is 1.87 bits per heavy atom. The first kappa shape index (κ1) is 28.0. The number of hydrogen-bond acceptors (Lipinski definition) is 6. The van der Waals surface area contributed by atoms with Crippen LogP contribution in [-0.4, -0.2) is 23.5 Å². The summed E-state index contributed by atoms with van der Waals surface area (Å²) >= 11 is 1.49. The number of amides is 1. The molecule has 1 atom stereocenters. The first-order chi connectivity index (χ1) is 13.3. The number of aryl methyl sites for hydroxylation is 1. The molecule has 166 valence electrons. The molecule has 0 radical (unpaired) electrons. The second-order valence-electron chi connectivity index (χ2n) is 6.50. The van der Waals surface area contributed by atoms with Crippen LogP contribution in [0.25, 0.3) is 20.8 Å².